The number of amides is 3. The maximum atomic E-state index is 12.5. The van der Waals surface area contributed by atoms with Crippen molar-refractivity contribution in [3.63, 3.8) is 0 Å². The van der Waals surface area contributed by atoms with Crippen LogP contribution >= 0.6 is 0 Å². The third-order valence-corrected chi connectivity index (χ3v) is 4.22. The van der Waals surface area contributed by atoms with Crippen LogP contribution < -0.4 is 5.32 Å². The Morgan fingerprint density at radius 1 is 1.20 bits per heavy atom. The molecular formula is C18H18N2O5. The average Bonchev–Trinajstić information content (AvgIpc) is 3.38. The summed E-state index contributed by atoms with van der Waals surface area (Å²) >= 11 is 0. The lowest BCUT2D eigenvalue weighted by Gasteiger charge is -2.25. The molecule has 1 aliphatic heterocycles. The largest absolute Gasteiger partial charge is 0.465 e. The van der Waals surface area contributed by atoms with Gasteiger partial charge in [0, 0.05) is 12.1 Å². The van der Waals surface area contributed by atoms with Crippen LogP contribution in [-0.2, 0) is 19.1 Å². The molecule has 0 bridgehead atoms. The van der Waals surface area contributed by atoms with Crippen molar-refractivity contribution >= 4 is 29.8 Å². The summed E-state index contributed by atoms with van der Waals surface area (Å²) in [7, 11) is 1.31. The molecule has 1 saturated carbocycles. The molecule has 2 fully saturated rings. The molecule has 1 atom stereocenters. The highest BCUT2D eigenvalue weighted by Crippen LogP contribution is 2.31. The van der Waals surface area contributed by atoms with E-state index in [1.807, 2.05) is 0 Å². The Labute approximate surface area is 144 Å². The molecule has 1 N–H and O–H groups in total. The maximum Gasteiger partial charge on any atom is 0.337 e. The van der Waals surface area contributed by atoms with Gasteiger partial charge in [-0.2, -0.15) is 0 Å². The van der Waals surface area contributed by atoms with Crippen molar-refractivity contribution in [1.29, 1.82) is 0 Å². The van der Waals surface area contributed by atoms with E-state index in [1.54, 1.807) is 30.3 Å². The third kappa shape index (κ3) is 3.76. The minimum atomic E-state index is -0.723. The number of nitrogens with one attached hydrogen (secondary N) is 1. The van der Waals surface area contributed by atoms with E-state index in [1.165, 1.54) is 18.1 Å². The van der Waals surface area contributed by atoms with Crippen LogP contribution in [0.2, 0.25) is 0 Å². The summed E-state index contributed by atoms with van der Waals surface area (Å²) in [5.74, 6) is -1.49. The van der Waals surface area contributed by atoms with Gasteiger partial charge in [-0.25, -0.2) is 4.79 Å². The number of esters is 1. The first kappa shape index (κ1) is 16.9. The number of rotatable bonds is 5. The van der Waals surface area contributed by atoms with Gasteiger partial charge >= 0.3 is 5.97 Å². The smallest absolute Gasteiger partial charge is 0.337 e. The Balaban J connectivity index is 1.71. The normalized spacial score (nSPS) is 19.8. The summed E-state index contributed by atoms with van der Waals surface area (Å²) in [4.78, 5) is 48.7. The number of hydrogen-bond donors (Lipinski definition) is 1. The van der Waals surface area contributed by atoms with Gasteiger partial charge in [0.2, 0.25) is 17.7 Å². The molecule has 1 saturated heterocycles. The quantitative estimate of drug-likeness (QED) is 0.487. The minimum Gasteiger partial charge on any atom is -0.465 e. The van der Waals surface area contributed by atoms with E-state index in [2.05, 4.69) is 10.1 Å². The average molecular weight is 342 g/mol. The van der Waals surface area contributed by atoms with Crippen molar-refractivity contribution in [2.45, 2.75) is 31.3 Å². The number of nitrogens with zero attached hydrogens (tertiary/aromatic N) is 1. The number of carbonyl (C=O) groups excluding carboxylic acids is 4. The summed E-state index contributed by atoms with van der Waals surface area (Å²) in [6, 6.07) is 5.90. The first-order valence-electron chi connectivity index (χ1n) is 8.02. The Morgan fingerprint density at radius 3 is 2.40 bits per heavy atom. The summed E-state index contributed by atoms with van der Waals surface area (Å²) < 4.78 is 4.63. The van der Waals surface area contributed by atoms with E-state index < -0.39 is 17.9 Å². The Morgan fingerprint density at radius 2 is 1.88 bits per heavy atom. The second-order valence-corrected chi connectivity index (χ2v) is 6.06. The van der Waals surface area contributed by atoms with Gasteiger partial charge in [0.15, 0.2) is 0 Å². The number of methoxy groups -OCH3 is 1. The lowest BCUT2D eigenvalue weighted by molar-refractivity contribution is -0.135. The number of carbonyl (C=O) groups is 4. The fourth-order valence-corrected chi connectivity index (χ4v) is 2.81. The van der Waals surface area contributed by atoms with E-state index in [4.69, 9.17) is 0 Å². The van der Waals surface area contributed by atoms with Crippen LogP contribution in [0.25, 0.3) is 6.08 Å². The van der Waals surface area contributed by atoms with Gasteiger partial charge in [0.1, 0.15) is 6.04 Å². The number of benzene rings is 1. The molecule has 130 valence electrons. The van der Waals surface area contributed by atoms with Crippen LogP contribution in [0.5, 0.6) is 0 Å². The van der Waals surface area contributed by atoms with E-state index in [-0.39, 0.29) is 24.3 Å². The lowest BCUT2D eigenvalue weighted by Crippen LogP contribution is -2.45. The zero-order valence-electron chi connectivity index (χ0n) is 13.7. The molecule has 0 radical (unpaired) electrons. The molecule has 1 aliphatic carbocycles. The Hall–Kier alpha value is -2.96. The first-order chi connectivity index (χ1) is 12.0. The molecule has 0 spiro atoms. The number of imide groups is 1. The van der Waals surface area contributed by atoms with Crippen molar-refractivity contribution < 1.29 is 23.9 Å². The van der Waals surface area contributed by atoms with E-state index in [9.17, 15) is 19.2 Å². The molecule has 1 aromatic carbocycles. The summed E-state index contributed by atoms with van der Waals surface area (Å²) in [5.41, 5.74) is 1.16. The molecule has 1 aromatic rings. The van der Waals surface area contributed by atoms with E-state index >= 15 is 0 Å². The van der Waals surface area contributed by atoms with Crippen LogP contribution in [0, 0.1) is 0 Å². The van der Waals surface area contributed by atoms with E-state index in [0.717, 1.165) is 18.4 Å². The molecule has 0 aromatic heterocycles. The van der Waals surface area contributed by atoms with Crippen molar-refractivity contribution in [2.24, 2.45) is 0 Å². The zero-order chi connectivity index (χ0) is 18.0. The topological polar surface area (TPSA) is 92.8 Å². The van der Waals surface area contributed by atoms with Gasteiger partial charge in [-0.1, -0.05) is 12.1 Å². The highest BCUT2D eigenvalue weighted by atomic mass is 16.5. The van der Waals surface area contributed by atoms with Crippen molar-refractivity contribution in [1.82, 2.24) is 10.2 Å². The molecule has 7 heteroatoms. The third-order valence-electron chi connectivity index (χ3n) is 4.22. The number of hydrogen-bond acceptors (Lipinski definition) is 5. The number of ether oxygens (including phenoxy) is 1. The van der Waals surface area contributed by atoms with Gasteiger partial charge in [0.25, 0.3) is 0 Å². The molecule has 2 aliphatic rings. The van der Waals surface area contributed by atoms with Gasteiger partial charge in [-0.3, -0.25) is 19.7 Å². The second kappa shape index (κ2) is 6.88. The summed E-state index contributed by atoms with van der Waals surface area (Å²) in [6.07, 6.45) is 4.70. The highest BCUT2D eigenvalue weighted by Gasteiger charge is 2.43. The summed E-state index contributed by atoms with van der Waals surface area (Å²) in [5, 5.41) is 2.24. The SMILES string of the molecule is COC(=O)c1ccc(/C=C/C(=O)N(C2CC2)[C@@H]2CC(=O)NC2=O)cc1. The molecule has 0 unspecified atom stereocenters. The lowest BCUT2D eigenvalue weighted by atomic mass is 10.1. The fourth-order valence-electron chi connectivity index (χ4n) is 2.81. The molecular weight excluding hydrogens is 324 g/mol. The molecule has 3 rings (SSSR count). The van der Waals surface area contributed by atoms with Crippen molar-refractivity contribution in [3.8, 4) is 0 Å². The van der Waals surface area contributed by atoms with Crippen LogP contribution in [-0.4, -0.2) is 47.8 Å². The Kier molecular flexibility index (Phi) is 4.65. The van der Waals surface area contributed by atoms with Gasteiger partial charge in [-0.15, -0.1) is 0 Å². The predicted molar refractivity (Wildman–Crippen MR) is 88.2 cm³/mol. The Bertz CT molecular complexity index is 749. The van der Waals surface area contributed by atoms with Gasteiger partial charge in [0.05, 0.1) is 19.1 Å². The summed E-state index contributed by atoms with van der Waals surface area (Å²) in [6.45, 7) is 0. The van der Waals surface area contributed by atoms with Crippen molar-refractivity contribution in [3.05, 3.63) is 41.5 Å². The molecule has 1 heterocycles. The maximum absolute atomic E-state index is 12.5. The monoisotopic (exact) mass is 342 g/mol. The standard InChI is InChI=1S/C18H18N2O5/c1-25-18(24)12-5-2-11(3-6-12)4-9-16(22)20(13-7-8-13)14-10-15(21)19-17(14)23/h2-6,9,13-14H,7-8,10H2,1H3,(H,19,21,23)/b9-4+/t14-/m1/s1. The van der Waals surface area contributed by atoms with Crippen molar-refractivity contribution in [2.75, 3.05) is 7.11 Å². The predicted octanol–water partition coefficient (Wildman–Crippen LogP) is 0.892. The van der Waals surface area contributed by atoms with Gasteiger partial charge in [-0.05, 0) is 36.6 Å². The second-order valence-electron chi connectivity index (χ2n) is 6.06. The van der Waals surface area contributed by atoms with E-state index in [0.29, 0.717) is 5.56 Å². The molecule has 25 heavy (non-hydrogen) atoms. The van der Waals surface area contributed by atoms with Gasteiger partial charge < -0.3 is 9.64 Å². The van der Waals surface area contributed by atoms with Crippen LogP contribution in [0.4, 0.5) is 0 Å². The fraction of sp³-hybridized carbons (Fsp3) is 0.333. The first-order valence-corrected chi connectivity index (χ1v) is 8.02. The highest BCUT2D eigenvalue weighted by molar-refractivity contribution is 6.08. The van der Waals surface area contributed by atoms with Crippen LogP contribution in [0.1, 0.15) is 35.2 Å². The van der Waals surface area contributed by atoms with Crippen LogP contribution in [0.3, 0.4) is 0 Å². The zero-order valence-corrected chi connectivity index (χ0v) is 13.7. The minimum absolute atomic E-state index is 0.0144. The molecule has 7 nitrogen and oxygen atoms in total. The molecule has 3 amide bonds. The van der Waals surface area contributed by atoms with Crippen LogP contribution in [0.15, 0.2) is 30.3 Å².